The van der Waals surface area contributed by atoms with Crippen molar-refractivity contribution in [1.29, 1.82) is 0 Å². The van der Waals surface area contributed by atoms with Gasteiger partial charge in [0, 0.05) is 36.7 Å². The fourth-order valence-corrected chi connectivity index (χ4v) is 5.52. The van der Waals surface area contributed by atoms with Gasteiger partial charge in [0.25, 0.3) is 0 Å². The van der Waals surface area contributed by atoms with Gasteiger partial charge in [-0.1, -0.05) is 30.7 Å². The van der Waals surface area contributed by atoms with Gasteiger partial charge in [-0.05, 0) is 48.9 Å². The number of imidazole rings is 1. The monoisotopic (exact) mass is 511 g/mol. The third-order valence-electron chi connectivity index (χ3n) is 7.16. The number of benzene rings is 2. The van der Waals surface area contributed by atoms with Crippen LogP contribution in [-0.4, -0.2) is 59.1 Å². The van der Waals surface area contributed by atoms with E-state index in [9.17, 15) is 4.39 Å². The smallest absolute Gasteiger partial charge is 0.147 e. The second-order valence-electron chi connectivity index (χ2n) is 9.11. The van der Waals surface area contributed by atoms with Crippen molar-refractivity contribution >= 4 is 17.3 Å². The summed E-state index contributed by atoms with van der Waals surface area (Å²) < 4.78 is 21.4. The van der Waals surface area contributed by atoms with Gasteiger partial charge in [0.15, 0.2) is 0 Å². The van der Waals surface area contributed by atoms with Gasteiger partial charge in [0.1, 0.15) is 29.3 Å². The van der Waals surface area contributed by atoms with Gasteiger partial charge in [0.2, 0.25) is 0 Å². The van der Waals surface area contributed by atoms with E-state index in [-0.39, 0.29) is 18.0 Å². The predicted molar refractivity (Wildman–Crippen MR) is 139 cm³/mol. The van der Waals surface area contributed by atoms with Crippen LogP contribution in [-0.2, 0) is 0 Å². The largest absolute Gasteiger partial charge is 0.494 e. The second-order valence-corrected chi connectivity index (χ2v) is 9.50. The number of aromatic nitrogens is 2. The summed E-state index contributed by atoms with van der Waals surface area (Å²) in [7, 11) is 3.71. The topological polar surface area (TPSA) is 88.8 Å². The number of anilines is 1. The highest BCUT2D eigenvalue weighted by atomic mass is 35.5. The summed E-state index contributed by atoms with van der Waals surface area (Å²) in [6, 6.07) is 12.5. The summed E-state index contributed by atoms with van der Waals surface area (Å²) in [6.07, 6.45) is 3.38. The molecule has 0 radical (unpaired) electrons. The van der Waals surface area contributed by atoms with Crippen molar-refractivity contribution in [2.45, 2.75) is 31.8 Å². The van der Waals surface area contributed by atoms with Crippen LogP contribution in [0.5, 0.6) is 5.75 Å². The Morgan fingerprint density at radius 2 is 1.92 bits per heavy atom. The number of methoxy groups -OCH3 is 1. The molecular formula is C26H31ClFN7O. The first-order valence-electron chi connectivity index (χ1n) is 12.0. The fraction of sp³-hybridized carbons (Fsp3) is 0.346. The molecule has 3 aromatic rings. The average molecular weight is 512 g/mol. The molecule has 4 N–H and O–H groups in total. The summed E-state index contributed by atoms with van der Waals surface area (Å²) in [6.45, 7) is 3.58. The SMILES string of the molecule is CCN1C(N)C2=C(C(c3ccc(F)cc3)N(C)CC2)N(c2ccc(-n3cnc(Cl)c3)c(OC)c2)C1N. The molecule has 0 spiro atoms. The molecule has 190 valence electrons. The fourth-order valence-electron chi connectivity index (χ4n) is 5.37. The van der Waals surface area contributed by atoms with E-state index in [4.69, 9.17) is 27.8 Å². The van der Waals surface area contributed by atoms with Gasteiger partial charge in [0.05, 0.1) is 25.0 Å². The molecule has 0 amide bonds. The maximum Gasteiger partial charge on any atom is 0.147 e. The Bertz CT molecular complexity index is 1280. The summed E-state index contributed by atoms with van der Waals surface area (Å²) in [5.41, 5.74) is 18.5. The molecule has 8 nitrogen and oxygen atoms in total. The Kier molecular flexibility index (Phi) is 6.76. The van der Waals surface area contributed by atoms with Crippen LogP contribution >= 0.6 is 11.6 Å². The van der Waals surface area contributed by atoms with Crippen molar-refractivity contribution < 1.29 is 9.13 Å². The van der Waals surface area contributed by atoms with Crippen LogP contribution in [0.4, 0.5) is 10.1 Å². The van der Waals surface area contributed by atoms with Crippen molar-refractivity contribution in [3.05, 3.63) is 82.8 Å². The maximum absolute atomic E-state index is 13.8. The van der Waals surface area contributed by atoms with E-state index in [1.807, 2.05) is 34.9 Å². The number of nitrogens with two attached hydrogens (primary N) is 2. The highest BCUT2D eigenvalue weighted by Crippen LogP contribution is 2.44. The number of hydrogen-bond acceptors (Lipinski definition) is 7. The Hall–Kier alpha value is -2.95. The lowest BCUT2D eigenvalue weighted by molar-refractivity contribution is 0.125. The van der Waals surface area contributed by atoms with E-state index in [1.165, 1.54) is 12.1 Å². The van der Waals surface area contributed by atoms with Crippen molar-refractivity contribution in [3.8, 4) is 11.4 Å². The van der Waals surface area contributed by atoms with E-state index in [1.54, 1.807) is 19.6 Å². The van der Waals surface area contributed by atoms with Crippen LogP contribution in [0.2, 0.25) is 5.15 Å². The molecule has 36 heavy (non-hydrogen) atoms. The van der Waals surface area contributed by atoms with E-state index < -0.39 is 6.29 Å². The van der Waals surface area contributed by atoms with Crippen LogP contribution in [0, 0.1) is 5.82 Å². The molecule has 0 saturated carbocycles. The van der Waals surface area contributed by atoms with Crippen LogP contribution in [0.3, 0.4) is 0 Å². The minimum absolute atomic E-state index is 0.136. The summed E-state index contributed by atoms with van der Waals surface area (Å²) in [5, 5.41) is 0.397. The Balaban J connectivity index is 1.67. The molecule has 5 rings (SSSR count). The third-order valence-corrected chi connectivity index (χ3v) is 7.36. The first kappa shape index (κ1) is 24.7. The molecule has 2 aliphatic rings. The van der Waals surface area contributed by atoms with Crippen molar-refractivity contribution in [3.63, 3.8) is 0 Å². The number of likely N-dealkylation sites (N-methyl/N-ethyl adjacent to an activating group) is 2. The molecule has 1 aromatic heterocycles. The second kappa shape index (κ2) is 9.84. The molecular weight excluding hydrogens is 481 g/mol. The number of rotatable bonds is 5. The average Bonchev–Trinajstić information content (AvgIpc) is 3.31. The van der Waals surface area contributed by atoms with Crippen molar-refractivity contribution in [1.82, 2.24) is 19.4 Å². The quantitative estimate of drug-likeness (QED) is 0.540. The Morgan fingerprint density at radius 3 is 2.56 bits per heavy atom. The molecule has 0 fully saturated rings. The molecule has 3 heterocycles. The normalized spacial score (nSPS) is 23.2. The van der Waals surface area contributed by atoms with Crippen LogP contribution in [0.15, 0.2) is 66.3 Å². The van der Waals surface area contributed by atoms with E-state index in [0.29, 0.717) is 17.4 Å². The molecule has 3 unspecified atom stereocenters. The lowest BCUT2D eigenvalue weighted by Crippen LogP contribution is -2.66. The zero-order valence-electron chi connectivity index (χ0n) is 20.6. The molecule has 3 atom stereocenters. The van der Waals surface area contributed by atoms with Gasteiger partial charge in [-0.25, -0.2) is 9.37 Å². The van der Waals surface area contributed by atoms with Crippen molar-refractivity contribution in [2.75, 3.05) is 32.1 Å². The molecule has 2 aliphatic heterocycles. The summed E-state index contributed by atoms with van der Waals surface area (Å²) in [4.78, 5) is 10.6. The number of nitrogens with zero attached hydrogens (tertiary/aromatic N) is 5. The Labute approximate surface area is 215 Å². The summed E-state index contributed by atoms with van der Waals surface area (Å²) in [5.74, 6) is 0.383. The van der Waals surface area contributed by atoms with E-state index in [0.717, 1.165) is 41.2 Å². The molecule has 2 aromatic carbocycles. The standard InChI is InChI=1S/C26H31ClFN7O/c1-4-34-25(29)19-11-12-32(2)23(16-5-7-17(28)8-6-16)24(19)35(26(34)30)18-9-10-20(21(13-18)36-3)33-14-22(27)31-15-33/h5-10,13-15,23,25-26H,4,11-12,29-30H2,1-3H3. The first-order valence-corrected chi connectivity index (χ1v) is 12.3. The van der Waals surface area contributed by atoms with Gasteiger partial charge in [-0.3, -0.25) is 15.5 Å². The highest BCUT2D eigenvalue weighted by molar-refractivity contribution is 6.29. The van der Waals surface area contributed by atoms with Gasteiger partial charge in [-0.15, -0.1) is 0 Å². The molecule has 0 saturated heterocycles. The molecule has 0 aliphatic carbocycles. The van der Waals surface area contributed by atoms with E-state index in [2.05, 4.69) is 33.7 Å². The zero-order chi connectivity index (χ0) is 25.6. The van der Waals surface area contributed by atoms with Gasteiger partial charge in [-0.2, -0.15) is 0 Å². The molecule has 10 heteroatoms. The Morgan fingerprint density at radius 1 is 1.17 bits per heavy atom. The third kappa shape index (κ3) is 4.16. The number of hydrogen-bond donors (Lipinski definition) is 2. The zero-order valence-corrected chi connectivity index (χ0v) is 21.4. The summed E-state index contributed by atoms with van der Waals surface area (Å²) >= 11 is 6.05. The number of ether oxygens (including phenoxy) is 1. The minimum atomic E-state index is -0.503. The molecule has 0 bridgehead atoms. The number of halogens is 2. The van der Waals surface area contributed by atoms with Crippen LogP contribution < -0.4 is 21.1 Å². The lowest BCUT2D eigenvalue weighted by Gasteiger charge is -2.53. The van der Waals surface area contributed by atoms with Gasteiger partial charge < -0.3 is 19.9 Å². The van der Waals surface area contributed by atoms with E-state index >= 15 is 0 Å². The van der Waals surface area contributed by atoms with Crippen molar-refractivity contribution in [2.24, 2.45) is 11.5 Å². The minimum Gasteiger partial charge on any atom is -0.494 e. The maximum atomic E-state index is 13.8. The van der Waals surface area contributed by atoms with Crippen LogP contribution in [0.25, 0.3) is 5.69 Å². The van der Waals surface area contributed by atoms with Gasteiger partial charge >= 0.3 is 0 Å². The highest BCUT2D eigenvalue weighted by Gasteiger charge is 2.43. The lowest BCUT2D eigenvalue weighted by atomic mass is 9.88. The van der Waals surface area contributed by atoms with Crippen LogP contribution in [0.1, 0.15) is 24.9 Å². The predicted octanol–water partition coefficient (Wildman–Crippen LogP) is 3.67. The first-order chi connectivity index (χ1) is 17.3.